The number of anilines is 2. The van der Waals surface area contributed by atoms with E-state index in [0.717, 1.165) is 12.8 Å². The molecule has 3 aromatic carbocycles. The molecule has 1 nitrogen and oxygen atoms in total. The molecular weight excluding hydrogens is 338 g/mol. The second-order valence-corrected chi connectivity index (χ2v) is 7.75. The number of hydrogen-bond acceptors (Lipinski definition) is 1. The summed E-state index contributed by atoms with van der Waals surface area (Å²) in [6.45, 7) is 6.50. The molecule has 140 valence electrons. The fraction of sp³-hybridized carbons (Fsp3) is 0.185. The number of nitrogens with zero attached hydrogens (tertiary/aromatic N) is 1. The Hall–Kier alpha value is -3.06. The first-order valence-corrected chi connectivity index (χ1v) is 10.0. The third-order valence-corrected chi connectivity index (χ3v) is 5.31. The summed E-state index contributed by atoms with van der Waals surface area (Å²) in [6.07, 6.45) is 6.92. The van der Waals surface area contributed by atoms with Crippen LogP contribution < -0.4 is 4.90 Å². The van der Waals surface area contributed by atoms with Crippen LogP contribution in [0.5, 0.6) is 0 Å². The molecule has 1 heteroatoms. The first kappa shape index (κ1) is 18.3. The van der Waals surface area contributed by atoms with Gasteiger partial charge in [-0.1, -0.05) is 65.7 Å². The van der Waals surface area contributed by atoms with Crippen molar-refractivity contribution in [1.82, 2.24) is 0 Å². The van der Waals surface area contributed by atoms with Crippen LogP contribution in [0.25, 0.3) is 11.1 Å². The maximum Gasteiger partial charge on any atom is 0.0464 e. The first-order chi connectivity index (χ1) is 13.6. The highest BCUT2D eigenvalue weighted by Gasteiger charge is 2.15. The van der Waals surface area contributed by atoms with Gasteiger partial charge in [0.05, 0.1) is 0 Å². The minimum Gasteiger partial charge on any atom is -0.311 e. The van der Waals surface area contributed by atoms with Gasteiger partial charge in [0.25, 0.3) is 0 Å². The zero-order valence-electron chi connectivity index (χ0n) is 16.9. The normalized spacial score (nSPS) is 13.7. The van der Waals surface area contributed by atoms with Crippen LogP contribution in [0.4, 0.5) is 11.4 Å². The lowest BCUT2D eigenvalue weighted by Gasteiger charge is -2.29. The first-order valence-electron chi connectivity index (χ1n) is 10.0. The maximum atomic E-state index is 2.37. The van der Waals surface area contributed by atoms with Crippen LogP contribution in [0.15, 0.2) is 96.2 Å². The molecule has 0 bridgehead atoms. The lowest BCUT2D eigenvalue weighted by Crippen LogP contribution is -2.16. The zero-order chi connectivity index (χ0) is 19.5. The molecule has 0 aliphatic heterocycles. The SMILES string of the molecule is CC1=CC(N(c2ccc(-c3ccc(C)cc3)cc2)c2cccc(C)c2)=CCC1. The second kappa shape index (κ2) is 7.90. The summed E-state index contributed by atoms with van der Waals surface area (Å²) in [5.41, 5.74) is 10.2. The summed E-state index contributed by atoms with van der Waals surface area (Å²) in [5, 5.41) is 0. The van der Waals surface area contributed by atoms with Crippen molar-refractivity contribution in [3.05, 3.63) is 107 Å². The second-order valence-electron chi connectivity index (χ2n) is 7.75. The van der Waals surface area contributed by atoms with Crippen LogP contribution in [-0.2, 0) is 0 Å². The van der Waals surface area contributed by atoms with Gasteiger partial charge >= 0.3 is 0 Å². The van der Waals surface area contributed by atoms with Gasteiger partial charge in [-0.15, -0.1) is 0 Å². The van der Waals surface area contributed by atoms with E-state index in [1.807, 2.05) is 0 Å². The largest absolute Gasteiger partial charge is 0.311 e. The van der Waals surface area contributed by atoms with E-state index in [4.69, 9.17) is 0 Å². The maximum absolute atomic E-state index is 2.37. The van der Waals surface area contributed by atoms with Crippen molar-refractivity contribution in [2.24, 2.45) is 0 Å². The molecule has 3 aromatic rings. The van der Waals surface area contributed by atoms with Gasteiger partial charge < -0.3 is 4.90 Å². The summed E-state index contributed by atoms with van der Waals surface area (Å²) in [5.74, 6) is 0. The lowest BCUT2D eigenvalue weighted by molar-refractivity contribution is 0.933. The van der Waals surface area contributed by atoms with Gasteiger partial charge in [0.1, 0.15) is 0 Å². The Morgan fingerprint density at radius 1 is 0.679 bits per heavy atom. The van der Waals surface area contributed by atoms with Gasteiger partial charge in [-0.2, -0.15) is 0 Å². The topological polar surface area (TPSA) is 3.24 Å². The molecule has 1 aliphatic rings. The van der Waals surface area contributed by atoms with E-state index in [2.05, 4.69) is 111 Å². The summed E-state index contributed by atoms with van der Waals surface area (Å²) in [4.78, 5) is 2.37. The van der Waals surface area contributed by atoms with Crippen molar-refractivity contribution in [1.29, 1.82) is 0 Å². The van der Waals surface area contributed by atoms with Crippen molar-refractivity contribution in [3.8, 4) is 11.1 Å². The molecule has 0 saturated heterocycles. The molecule has 0 spiro atoms. The number of benzene rings is 3. The van der Waals surface area contributed by atoms with E-state index in [0.29, 0.717) is 0 Å². The molecule has 0 saturated carbocycles. The Balaban J connectivity index is 1.74. The van der Waals surface area contributed by atoms with Crippen molar-refractivity contribution in [3.63, 3.8) is 0 Å². The number of hydrogen-bond donors (Lipinski definition) is 0. The highest BCUT2D eigenvalue weighted by atomic mass is 15.1. The fourth-order valence-corrected chi connectivity index (χ4v) is 3.75. The van der Waals surface area contributed by atoms with Gasteiger partial charge in [-0.3, -0.25) is 0 Å². The third-order valence-electron chi connectivity index (χ3n) is 5.31. The smallest absolute Gasteiger partial charge is 0.0464 e. The van der Waals surface area contributed by atoms with E-state index in [1.54, 1.807) is 0 Å². The van der Waals surface area contributed by atoms with Crippen LogP contribution in [0.1, 0.15) is 30.9 Å². The molecule has 0 amide bonds. The van der Waals surface area contributed by atoms with Crippen molar-refractivity contribution in [2.75, 3.05) is 4.90 Å². The standard InChI is InChI=1S/C27H27N/c1-20-10-12-23(13-11-20)24-14-16-25(17-15-24)28(26-8-4-6-21(2)18-26)27-9-5-7-22(3)19-27/h4,6,8-19H,5,7H2,1-3H3. The molecule has 0 aromatic heterocycles. The van der Waals surface area contributed by atoms with Gasteiger partial charge in [0.2, 0.25) is 0 Å². The Morgan fingerprint density at radius 2 is 1.36 bits per heavy atom. The van der Waals surface area contributed by atoms with Crippen molar-refractivity contribution >= 4 is 11.4 Å². The van der Waals surface area contributed by atoms with Gasteiger partial charge in [0.15, 0.2) is 0 Å². The summed E-state index contributed by atoms with van der Waals surface area (Å²) in [7, 11) is 0. The van der Waals surface area contributed by atoms with Gasteiger partial charge in [0, 0.05) is 17.1 Å². The zero-order valence-corrected chi connectivity index (χ0v) is 16.9. The predicted molar refractivity (Wildman–Crippen MR) is 121 cm³/mol. The molecule has 28 heavy (non-hydrogen) atoms. The predicted octanol–water partition coefficient (Wildman–Crippen LogP) is 7.73. The fourth-order valence-electron chi connectivity index (χ4n) is 3.75. The molecule has 0 N–H and O–H groups in total. The molecule has 1 aliphatic carbocycles. The molecule has 0 radical (unpaired) electrons. The van der Waals surface area contributed by atoms with Crippen molar-refractivity contribution < 1.29 is 0 Å². The number of rotatable bonds is 4. The highest BCUT2D eigenvalue weighted by molar-refractivity contribution is 5.74. The summed E-state index contributed by atoms with van der Waals surface area (Å²) >= 11 is 0. The van der Waals surface area contributed by atoms with Gasteiger partial charge in [-0.25, -0.2) is 0 Å². The van der Waals surface area contributed by atoms with E-state index < -0.39 is 0 Å². The molecule has 0 heterocycles. The summed E-state index contributed by atoms with van der Waals surface area (Å²) < 4.78 is 0. The average Bonchev–Trinajstić information content (AvgIpc) is 2.70. The quantitative estimate of drug-likeness (QED) is 0.457. The molecular formula is C27H27N. The van der Waals surface area contributed by atoms with Crippen LogP contribution >= 0.6 is 0 Å². The lowest BCUT2D eigenvalue weighted by atomic mass is 10.0. The average molecular weight is 366 g/mol. The minimum absolute atomic E-state index is 1.10. The molecule has 0 unspecified atom stereocenters. The number of aryl methyl sites for hydroxylation is 2. The van der Waals surface area contributed by atoms with Gasteiger partial charge in [-0.05, 0) is 80.6 Å². The third kappa shape index (κ3) is 3.94. The Morgan fingerprint density at radius 3 is 2.00 bits per heavy atom. The summed E-state index contributed by atoms with van der Waals surface area (Å²) in [6, 6.07) is 26.4. The highest BCUT2D eigenvalue weighted by Crippen LogP contribution is 2.34. The van der Waals surface area contributed by atoms with E-state index in [-0.39, 0.29) is 0 Å². The molecule has 0 fully saturated rings. The van der Waals surface area contributed by atoms with Crippen molar-refractivity contribution in [2.45, 2.75) is 33.6 Å². The molecule has 0 atom stereocenters. The monoisotopic (exact) mass is 365 g/mol. The Bertz CT molecular complexity index is 1020. The Labute approximate surface area is 168 Å². The van der Waals surface area contributed by atoms with E-state index >= 15 is 0 Å². The van der Waals surface area contributed by atoms with Crippen LogP contribution in [-0.4, -0.2) is 0 Å². The molecule has 4 rings (SSSR count). The van der Waals surface area contributed by atoms with Crippen LogP contribution in [0.3, 0.4) is 0 Å². The Kier molecular flexibility index (Phi) is 5.16. The minimum atomic E-state index is 1.10. The van der Waals surface area contributed by atoms with Crippen LogP contribution in [0, 0.1) is 13.8 Å². The number of allylic oxidation sites excluding steroid dienone is 3. The van der Waals surface area contributed by atoms with E-state index in [1.165, 1.54) is 44.9 Å². The van der Waals surface area contributed by atoms with E-state index in [9.17, 15) is 0 Å². The van der Waals surface area contributed by atoms with Crippen LogP contribution in [0.2, 0.25) is 0 Å².